The fourth-order valence-corrected chi connectivity index (χ4v) is 3.86. The zero-order chi connectivity index (χ0) is 11.0. The largest absolute Gasteiger partial charge is 0.457 e. The Kier molecular flexibility index (Phi) is 3.99. The highest BCUT2D eigenvalue weighted by atomic mass is 79.9. The van der Waals surface area contributed by atoms with Crippen LogP contribution >= 0.6 is 70.7 Å². The van der Waals surface area contributed by atoms with Crippen LogP contribution in [-0.2, 0) is 0 Å². The first kappa shape index (κ1) is 12.2. The molecule has 0 saturated carbocycles. The van der Waals surface area contributed by atoms with Gasteiger partial charge in [-0.15, -0.1) is 11.3 Å². The lowest BCUT2D eigenvalue weighted by atomic mass is 10.2. The molecule has 0 aliphatic rings. The van der Waals surface area contributed by atoms with Crippen LogP contribution in [0.25, 0.3) is 0 Å². The predicted octanol–water partition coefficient (Wildman–Crippen LogP) is 6.00. The number of alkyl halides is 1. The Labute approximate surface area is 121 Å². The Balaban J connectivity index is 2.31. The van der Waals surface area contributed by atoms with Gasteiger partial charge < -0.3 is 4.42 Å². The molecule has 80 valence electrons. The minimum absolute atomic E-state index is 0.112. The van der Waals surface area contributed by atoms with Crippen molar-refractivity contribution in [2.75, 3.05) is 0 Å². The first-order chi connectivity index (χ1) is 7.08. The van der Waals surface area contributed by atoms with E-state index >= 15 is 0 Å². The first-order valence-corrected chi connectivity index (χ1v) is 7.60. The average Bonchev–Trinajstić information content (AvgIpc) is 2.74. The van der Waals surface area contributed by atoms with Crippen LogP contribution in [0.2, 0.25) is 4.34 Å². The van der Waals surface area contributed by atoms with E-state index in [1.807, 2.05) is 12.1 Å². The molecule has 2 rings (SSSR count). The van der Waals surface area contributed by atoms with Gasteiger partial charge in [-0.3, -0.25) is 0 Å². The number of thiophene rings is 1. The summed E-state index contributed by atoms with van der Waals surface area (Å²) in [5.74, 6) is 0. The van der Waals surface area contributed by atoms with Crippen molar-refractivity contribution in [1.29, 1.82) is 0 Å². The van der Waals surface area contributed by atoms with E-state index in [2.05, 4.69) is 47.8 Å². The second-order valence-electron chi connectivity index (χ2n) is 2.82. The maximum absolute atomic E-state index is 5.98. The minimum atomic E-state index is 0.112. The molecule has 0 aliphatic carbocycles. The van der Waals surface area contributed by atoms with Crippen molar-refractivity contribution in [1.82, 2.24) is 0 Å². The van der Waals surface area contributed by atoms with Crippen molar-refractivity contribution in [2.24, 2.45) is 0 Å². The molecular weight excluding hydrogens is 431 g/mol. The van der Waals surface area contributed by atoms with Crippen molar-refractivity contribution in [3.05, 3.63) is 42.3 Å². The lowest BCUT2D eigenvalue weighted by Crippen LogP contribution is -1.84. The molecule has 1 unspecified atom stereocenters. The minimum Gasteiger partial charge on any atom is -0.457 e. The number of halogens is 4. The molecule has 0 radical (unpaired) electrons. The van der Waals surface area contributed by atoms with Crippen molar-refractivity contribution in [3.8, 4) is 0 Å². The third-order valence-electron chi connectivity index (χ3n) is 1.79. The molecule has 0 amide bonds. The summed E-state index contributed by atoms with van der Waals surface area (Å²) in [5.41, 5.74) is 1.06. The van der Waals surface area contributed by atoms with Gasteiger partial charge in [0.05, 0.1) is 11.1 Å². The van der Waals surface area contributed by atoms with Crippen LogP contribution in [0.1, 0.15) is 15.3 Å². The molecule has 2 aromatic heterocycles. The van der Waals surface area contributed by atoms with Crippen molar-refractivity contribution in [2.45, 2.75) is 4.83 Å². The molecule has 0 fully saturated rings. The van der Waals surface area contributed by atoms with Gasteiger partial charge in [0.2, 0.25) is 0 Å². The highest BCUT2D eigenvalue weighted by Gasteiger charge is 2.16. The number of hydrogen-bond donors (Lipinski definition) is 0. The second kappa shape index (κ2) is 4.92. The molecule has 0 aromatic carbocycles. The van der Waals surface area contributed by atoms with Crippen LogP contribution in [-0.4, -0.2) is 0 Å². The highest BCUT2D eigenvalue weighted by molar-refractivity contribution is 9.11. The SMILES string of the molecule is Clc1sc(C(Br)c2coc(Br)c2)cc1Br. The van der Waals surface area contributed by atoms with Crippen LogP contribution in [0.5, 0.6) is 0 Å². The zero-order valence-corrected chi connectivity index (χ0v) is 13.5. The summed E-state index contributed by atoms with van der Waals surface area (Å²) in [6.45, 7) is 0. The summed E-state index contributed by atoms with van der Waals surface area (Å²) >= 11 is 17.8. The van der Waals surface area contributed by atoms with Crippen LogP contribution in [0.4, 0.5) is 0 Å². The van der Waals surface area contributed by atoms with Gasteiger partial charge in [0, 0.05) is 14.9 Å². The van der Waals surface area contributed by atoms with Crippen molar-refractivity contribution >= 4 is 70.7 Å². The van der Waals surface area contributed by atoms with Gasteiger partial charge in [-0.2, -0.15) is 0 Å². The van der Waals surface area contributed by atoms with Gasteiger partial charge in [-0.25, -0.2) is 0 Å². The van der Waals surface area contributed by atoms with Gasteiger partial charge in [0.15, 0.2) is 4.67 Å². The highest BCUT2D eigenvalue weighted by Crippen LogP contribution is 2.41. The summed E-state index contributed by atoms with van der Waals surface area (Å²) in [6.07, 6.45) is 1.71. The van der Waals surface area contributed by atoms with Crippen molar-refractivity contribution in [3.63, 3.8) is 0 Å². The third kappa shape index (κ3) is 2.69. The summed E-state index contributed by atoms with van der Waals surface area (Å²) in [7, 11) is 0. The van der Waals surface area contributed by atoms with Gasteiger partial charge >= 0.3 is 0 Å². The van der Waals surface area contributed by atoms with E-state index < -0.39 is 0 Å². The normalized spacial score (nSPS) is 13.1. The Morgan fingerprint density at radius 1 is 1.33 bits per heavy atom. The maximum Gasteiger partial charge on any atom is 0.169 e. The van der Waals surface area contributed by atoms with E-state index in [9.17, 15) is 0 Å². The fourth-order valence-electron chi connectivity index (χ4n) is 1.11. The molecular formula is C9H4Br3ClOS. The summed E-state index contributed by atoms with van der Waals surface area (Å²) < 4.78 is 7.60. The van der Waals surface area contributed by atoms with E-state index in [4.69, 9.17) is 16.0 Å². The monoisotopic (exact) mass is 432 g/mol. The lowest BCUT2D eigenvalue weighted by molar-refractivity contribution is 0.539. The quantitative estimate of drug-likeness (QED) is 0.527. The van der Waals surface area contributed by atoms with E-state index in [0.29, 0.717) is 0 Å². The predicted molar refractivity (Wildman–Crippen MR) is 74.2 cm³/mol. The standard InChI is InChI=1S/C9H4Br3ClOS/c10-5-2-6(15-9(5)13)8(12)4-1-7(11)14-3-4/h1-3,8H. The Bertz CT molecular complexity index is 460. The van der Waals surface area contributed by atoms with Crippen LogP contribution in [0.3, 0.4) is 0 Å². The van der Waals surface area contributed by atoms with Gasteiger partial charge in [-0.1, -0.05) is 27.5 Å². The second-order valence-corrected chi connectivity index (χ2v) is 7.05. The number of hydrogen-bond acceptors (Lipinski definition) is 2. The van der Waals surface area contributed by atoms with Gasteiger partial charge in [0.1, 0.15) is 4.34 Å². The van der Waals surface area contributed by atoms with Crippen LogP contribution in [0, 0.1) is 0 Å². The first-order valence-electron chi connectivity index (χ1n) is 3.90. The maximum atomic E-state index is 5.98. The smallest absolute Gasteiger partial charge is 0.169 e. The summed E-state index contributed by atoms with van der Waals surface area (Å²) in [5, 5.41) is 0. The lowest BCUT2D eigenvalue weighted by Gasteiger charge is -2.02. The van der Waals surface area contributed by atoms with Crippen LogP contribution < -0.4 is 0 Å². The summed E-state index contributed by atoms with van der Waals surface area (Å²) in [4.78, 5) is 1.25. The van der Waals surface area contributed by atoms with E-state index in [0.717, 1.165) is 23.9 Å². The molecule has 0 N–H and O–H groups in total. The molecule has 0 bridgehead atoms. The molecule has 0 spiro atoms. The van der Waals surface area contributed by atoms with E-state index in [-0.39, 0.29) is 4.83 Å². The summed E-state index contributed by atoms with van der Waals surface area (Å²) in [6, 6.07) is 3.94. The average molecular weight is 435 g/mol. The molecule has 15 heavy (non-hydrogen) atoms. The number of rotatable bonds is 2. The van der Waals surface area contributed by atoms with Gasteiger partial charge in [-0.05, 0) is 44.0 Å². The van der Waals surface area contributed by atoms with E-state index in [1.54, 1.807) is 17.6 Å². The van der Waals surface area contributed by atoms with Crippen LogP contribution in [0.15, 0.2) is 32.0 Å². The molecule has 0 saturated heterocycles. The van der Waals surface area contributed by atoms with Crippen molar-refractivity contribution < 1.29 is 4.42 Å². The zero-order valence-electron chi connectivity index (χ0n) is 7.14. The molecule has 1 atom stereocenters. The topological polar surface area (TPSA) is 13.1 Å². The molecule has 2 aromatic rings. The van der Waals surface area contributed by atoms with E-state index in [1.165, 1.54) is 0 Å². The van der Waals surface area contributed by atoms with Gasteiger partial charge in [0.25, 0.3) is 0 Å². The third-order valence-corrected chi connectivity index (χ3v) is 6.07. The Morgan fingerprint density at radius 3 is 2.53 bits per heavy atom. The molecule has 0 aliphatic heterocycles. The molecule has 2 heterocycles. The number of furan rings is 1. The molecule has 1 nitrogen and oxygen atoms in total. The Morgan fingerprint density at radius 2 is 2.07 bits per heavy atom. The fraction of sp³-hybridized carbons (Fsp3) is 0.111. The molecule has 6 heteroatoms. The Hall–Kier alpha value is 0.710.